The van der Waals surface area contributed by atoms with Crippen LogP contribution in [0.4, 0.5) is 8.78 Å². The first kappa shape index (κ1) is 15.9. The summed E-state index contributed by atoms with van der Waals surface area (Å²) in [6.45, 7) is 3.35. The highest BCUT2D eigenvalue weighted by atomic mass is 32.2. The highest BCUT2D eigenvalue weighted by Gasteiger charge is 2.33. The van der Waals surface area contributed by atoms with Crippen molar-refractivity contribution in [1.82, 2.24) is 5.32 Å². The minimum atomic E-state index is -1.09. The highest BCUT2D eigenvalue weighted by molar-refractivity contribution is 8.00. The molecule has 106 valence electrons. The number of carbonyl (C=O) groups is 1. The summed E-state index contributed by atoms with van der Waals surface area (Å²) in [6.07, 6.45) is 0.291. The molecule has 0 fully saturated rings. The van der Waals surface area contributed by atoms with Crippen molar-refractivity contribution in [2.75, 3.05) is 7.05 Å². The van der Waals surface area contributed by atoms with E-state index in [4.69, 9.17) is 5.11 Å². The number of hydrogen-bond donors (Lipinski definition) is 2. The number of thioether (sulfide) groups is 1. The van der Waals surface area contributed by atoms with Crippen molar-refractivity contribution in [3.63, 3.8) is 0 Å². The molecule has 0 radical (unpaired) electrons. The van der Waals surface area contributed by atoms with E-state index < -0.39 is 23.1 Å². The Hall–Kier alpha value is -1.14. The van der Waals surface area contributed by atoms with E-state index in [0.29, 0.717) is 6.42 Å². The molecule has 0 aliphatic heterocycles. The van der Waals surface area contributed by atoms with Gasteiger partial charge in [0, 0.05) is 10.1 Å². The molecular formula is C13H17F2NO2S. The largest absolute Gasteiger partial charge is 0.480 e. The second kappa shape index (κ2) is 6.34. The standard InChI is InChI=1S/C13H17F2NO2S/c1-8(7-13(2,16-3)12(17)18)19-11-6-9(14)4-5-10(11)15/h4-6,8,16H,7H2,1-3H3,(H,17,18). The van der Waals surface area contributed by atoms with Gasteiger partial charge in [0.15, 0.2) is 0 Å². The lowest BCUT2D eigenvalue weighted by molar-refractivity contribution is -0.144. The normalized spacial score (nSPS) is 15.8. The molecular weight excluding hydrogens is 272 g/mol. The van der Waals surface area contributed by atoms with E-state index >= 15 is 0 Å². The van der Waals surface area contributed by atoms with Crippen LogP contribution in [0, 0.1) is 11.6 Å². The molecule has 0 bridgehead atoms. The molecule has 0 aliphatic rings. The van der Waals surface area contributed by atoms with Crippen molar-refractivity contribution in [2.45, 2.75) is 36.0 Å². The molecule has 2 unspecified atom stereocenters. The van der Waals surface area contributed by atoms with Crippen molar-refractivity contribution in [3.05, 3.63) is 29.8 Å². The minimum Gasteiger partial charge on any atom is -0.480 e. The Kier molecular flexibility index (Phi) is 5.31. The van der Waals surface area contributed by atoms with Crippen LogP contribution in [0.3, 0.4) is 0 Å². The summed E-state index contributed by atoms with van der Waals surface area (Å²) in [5.41, 5.74) is -1.09. The monoisotopic (exact) mass is 289 g/mol. The third kappa shape index (κ3) is 4.18. The second-order valence-electron chi connectivity index (χ2n) is 4.59. The second-order valence-corrected chi connectivity index (χ2v) is 6.07. The lowest BCUT2D eigenvalue weighted by Crippen LogP contribution is -2.49. The number of aliphatic carboxylic acids is 1. The maximum Gasteiger partial charge on any atom is 0.323 e. The summed E-state index contributed by atoms with van der Waals surface area (Å²) in [5.74, 6) is -1.98. The van der Waals surface area contributed by atoms with Crippen molar-refractivity contribution >= 4 is 17.7 Å². The van der Waals surface area contributed by atoms with Crippen LogP contribution >= 0.6 is 11.8 Å². The highest BCUT2D eigenvalue weighted by Crippen LogP contribution is 2.31. The zero-order valence-corrected chi connectivity index (χ0v) is 11.9. The van der Waals surface area contributed by atoms with Gasteiger partial charge in [0.05, 0.1) is 0 Å². The number of likely N-dealkylation sites (N-methyl/N-ethyl adjacent to an activating group) is 1. The average molecular weight is 289 g/mol. The summed E-state index contributed by atoms with van der Waals surface area (Å²) in [5, 5.41) is 11.7. The molecule has 2 N–H and O–H groups in total. The average Bonchev–Trinajstić information content (AvgIpc) is 2.33. The van der Waals surface area contributed by atoms with Crippen LogP contribution in [0.5, 0.6) is 0 Å². The number of benzene rings is 1. The molecule has 0 saturated carbocycles. The number of carboxylic acid groups (broad SMARTS) is 1. The van der Waals surface area contributed by atoms with E-state index in [-0.39, 0.29) is 10.1 Å². The van der Waals surface area contributed by atoms with Crippen LogP contribution < -0.4 is 5.32 Å². The quantitative estimate of drug-likeness (QED) is 0.791. The Balaban J connectivity index is 2.77. The summed E-state index contributed by atoms with van der Waals surface area (Å²) < 4.78 is 26.5. The predicted octanol–water partition coefficient (Wildman–Crippen LogP) is 2.90. The molecule has 2 atom stereocenters. The van der Waals surface area contributed by atoms with E-state index in [2.05, 4.69) is 5.32 Å². The van der Waals surface area contributed by atoms with Gasteiger partial charge < -0.3 is 10.4 Å². The van der Waals surface area contributed by atoms with Gasteiger partial charge in [0.2, 0.25) is 0 Å². The number of rotatable bonds is 6. The van der Waals surface area contributed by atoms with Gasteiger partial charge in [-0.25, -0.2) is 8.78 Å². The fourth-order valence-corrected chi connectivity index (χ4v) is 2.91. The zero-order chi connectivity index (χ0) is 14.6. The van der Waals surface area contributed by atoms with Crippen LogP contribution in [0.1, 0.15) is 20.3 Å². The van der Waals surface area contributed by atoms with Gasteiger partial charge in [-0.15, -0.1) is 11.8 Å². The van der Waals surface area contributed by atoms with Gasteiger partial charge in [0.25, 0.3) is 0 Å². The maximum absolute atomic E-state index is 13.5. The van der Waals surface area contributed by atoms with Gasteiger partial charge >= 0.3 is 5.97 Å². The number of nitrogens with one attached hydrogen (secondary N) is 1. The number of halogens is 2. The van der Waals surface area contributed by atoms with E-state index in [0.717, 1.165) is 30.0 Å². The lowest BCUT2D eigenvalue weighted by atomic mass is 9.96. The third-order valence-corrected chi connectivity index (χ3v) is 4.08. The molecule has 0 amide bonds. The maximum atomic E-state index is 13.5. The molecule has 1 aromatic rings. The zero-order valence-electron chi connectivity index (χ0n) is 11.0. The van der Waals surface area contributed by atoms with Crippen molar-refractivity contribution in [2.24, 2.45) is 0 Å². The summed E-state index contributed by atoms with van der Waals surface area (Å²) in [6, 6.07) is 3.24. The number of hydrogen-bond acceptors (Lipinski definition) is 3. The molecule has 0 heterocycles. The van der Waals surface area contributed by atoms with Crippen LogP contribution in [0.2, 0.25) is 0 Å². The molecule has 1 aromatic carbocycles. The van der Waals surface area contributed by atoms with E-state index in [1.165, 1.54) is 0 Å². The van der Waals surface area contributed by atoms with Crippen molar-refractivity contribution in [3.8, 4) is 0 Å². The lowest BCUT2D eigenvalue weighted by Gasteiger charge is -2.27. The van der Waals surface area contributed by atoms with Crippen LogP contribution in [-0.4, -0.2) is 28.9 Å². The summed E-state index contributed by atoms with van der Waals surface area (Å²) in [4.78, 5) is 11.3. The van der Waals surface area contributed by atoms with E-state index in [9.17, 15) is 13.6 Å². The van der Waals surface area contributed by atoms with Crippen LogP contribution in [0.25, 0.3) is 0 Å². The smallest absolute Gasteiger partial charge is 0.323 e. The Labute approximate surface area is 115 Å². The first-order chi connectivity index (χ1) is 8.78. The Bertz CT molecular complexity index is 470. The van der Waals surface area contributed by atoms with Gasteiger partial charge in [-0.05, 0) is 38.6 Å². The molecule has 0 saturated heterocycles. The Morgan fingerprint density at radius 1 is 1.53 bits per heavy atom. The summed E-state index contributed by atoms with van der Waals surface area (Å²) in [7, 11) is 1.56. The fourth-order valence-electron chi connectivity index (χ4n) is 1.70. The van der Waals surface area contributed by atoms with Gasteiger partial charge in [-0.3, -0.25) is 4.79 Å². The predicted molar refractivity (Wildman–Crippen MR) is 71.4 cm³/mol. The molecule has 0 spiro atoms. The van der Waals surface area contributed by atoms with Gasteiger partial charge in [-0.1, -0.05) is 6.92 Å². The number of carboxylic acids is 1. The van der Waals surface area contributed by atoms with E-state index in [1.54, 1.807) is 20.9 Å². The Morgan fingerprint density at radius 3 is 2.68 bits per heavy atom. The first-order valence-corrected chi connectivity index (χ1v) is 6.70. The van der Waals surface area contributed by atoms with Crippen molar-refractivity contribution < 1.29 is 18.7 Å². The van der Waals surface area contributed by atoms with Crippen LogP contribution in [-0.2, 0) is 4.79 Å². The molecule has 0 aliphatic carbocycles. The topological polar surface area (TPSA) is 49.3 Å². The SMILES string of the molecule is CNC(C)(CC(C)Sc1cc(F)ccc1F)C(=O)O. The van der Waals surface area contributed by atoms with Crippen molar-refractivity contribution in [1.29, 1.82) is 0 Å². The first-order valence-electron chi connectivity index (χ1n) is 5.82. The molecule has 6 heteroatoms. The molecule has 0 aromatic heterocycles. The van der Waals surface area contributed by atoms with Gasteiger partial charge in [-0.2, -0.15) is 0 Å². The molecule has 19 heavy (non-hydrogen) atoms. The summed E-state index contributed by atoms with van der Waals surface area (Å²) >= 11 is 1.13. The van der Waals surface area contributed by atoms with Crippen LogP contribution in [0.15, 0.2) is 23.1 Å². The third-order valence-electron chi connectivity index (χ3n) is 2.94. The van der Waals surface area contributed by atoms with E-state index in [1.807, 2.05) is 0 Å². The fraction of sp³-hybridized carbons (Fsp3) is 0.462. The molecule has 1 rings (SSSR count). The Morgan fingerprint density at radius 2 is 2.16 bits per heavy atom. The molecule has 3 nitrogen and oxygen atoms in total. The van der Waals surface area contributed by atoms with Gasteiger partial charge in [0.1, 0.15) is 17.2 Å². The minimum absolute atomic E-state index is 0.176.